The minimum Gasteiger partial charge on any atom is -0.518 e. The quantitative estimate of drug-likeness (QED) is 0.279. The average molecular weight is 527 g/mol. The van der Waals surface area contributed by atoms with Gasteiger partial charge in [0.25, 0.3) is 0 Å². The molecule has 0 N–H and O–H groups in total. The van der Waals surface area contributed by atoms with E-state index in [4.69, 9.17) is 22.1 Å². The topological polar surface area (TPSA) is 63.2 Å². The Balaban J connectivity index is 6.35. The van der Waals surface area contributed by atoms with E-state index in [1.807, 2.05) is 19.6 Å². The highest BCUT2D eigenvalue weighted by atomic mass is 28.4. The fraction of sp³-hybridized carbons (Fsp3) is 0.950. The third-order valence-electron chi connectivity index (χ3n) is 3.46. The van der Waals surface area contributed by atoms with Gasteiger partial charge >= 0.3 is 5.97 Å². The monoisotopic (exact) mass is 526 g/mol. The maximum absolute atomic E-state index is 13.4. The molecule has 0 unspecified atom stereocenters. The van der Waals surface area contributed by atoms with Gasteiger partial charge in [-0.15, -0.1) is 0 Å². The number of hydrogen-bond acceptors (Lipinski definition) is 6. The Morgan fingerprint density at radius 3 is 1.32 bits per heavy atom. The lowest BCUT2D eigenvalue weighted by Crippen LogP contribution is -2.58. The van der Waals surface area contributed by atoms with Crippen molar-refractivity contribution in [2.24, 2.45) is 0 Å². The smallest absolute Gasteiger partial charge is 0.323 e. The van der Waals surface area contributed by atoms with E-state index in [-0.39, 0.29) is 12.1 Å². The first-order valence-corrected chi connectivity index (χ1v) is 28.3. The van der Waals surface area contributed by atoms with Gasteiger partial charge in [0.15, 0.2) is 39.4 Å². The second kappa shape index (κ2) is 11.2. The molecule has 0 aromatic rings. The van der Waals surface area contributed by atoms with E-state index in [0.29, 0.717) is 6.61 Å². The Morgan fingerprint density at radius 1 is 0.581 bits per heavy atom. The van der Waals surface area contributed by atoms with Crippen LogP contribution in [0.3, 0.4) is 0 Å². The van der Waals surface area contributed by atoms with Gasteiger partial charge in [-0.25, -0.2) is 0 Å². The summed E-state index contributed by atoms with van der Waals surface area (Å²) >= 11 is 0. The van der Waals surface area contributed by atoms with Crippen LogP contribution < -0.4 is 0 Å². The highest BCUT2D eigenvalue weighted by molar-refractivity contribution is 6.72. The predicted molar refractivity (Wildman–Crippen MR) is 143 cm³/mol. The number of carbonyl (C=O) groups is 1. The molecule has 0 spiro atoms. The molecule has 0 saturated heterocycles. The summed E-state index contributed by atoms with van der Waals surface area (Å²) in [7, 11) is -10.00. The van der Waals surface area contributed by atoms with E-state index < -0.39 is 53.8 Å². The molecule has 0 aliphatic rings. The van der Waals surface area contributed by atoms with Gasteiger partial charge in [0, 0.05) is 0 Å². The SMILES string of the molecule is C[Si](C)(C)OC[C@H](O[Si](C)(C)C)[C@@H](O[Si](C)(C)C)[C@@H](O[Si](C)(C)C)C(=O)O[Si](C)(C)C. The molecule has 186 valence electrons. The van der Waals surface area contributed by atoms with Crippen LogP contribution in [0.15, 0.2) is 0 Å². The second-order valence-corrected chi connectivity index (χ2v) is 35.4. The molecule has 31 heavy (non-hydrogen) atoms. The first-order chi connectivity index (χ1) is 13.4. The first kappa shape index (κ1) is 31.4. The van der Waals surface area contributed by atoms with Crippen molar-refractivity contribution in [1.82, 2.24) is 0 Å². The van der Waals surface area contributed by atoms with Crippen molar-refractivity contribution in [2.75, 3.05) is 6.61 Å². The average Bonchev–Trinajstić information content (AvgIpc) is 2.41. The molecule has 0 aliphatic heterocycles. The van der Waals surface area contributed by atoms with Gasteiger partial charge in [0.1, 0.15) is 6.10 Å². The zero-order valence-corrected chi connectivity index (χ0v) is 27.9. The molecule has 3 atom stereocenters. The van der Waals surface area contributed by atoms with Crippen LogP contribution in [0.25, 0.3) is 0 Å². The van der Waals surface area contributed by atoms with Crippen LogP contribution in [-0.4, -0.2) is 72.5 Å². The minimum absolute atomic E-state index is 0.331. The van der Waals surface area contributed by atoms with Crippen molar-refractivity contribution >= 4 is 47.6 Å². The van der Waals surface area contributed by atoms with E-state index in [1.165, 1.54) is 0 Å². The molecule has 0 amide bonds. The highest BCUT2D eigenvalue weighted by Gasteiger charge is 2.45. The van der Waals surface area contributed by atoms with Crippen molar-refractivity contribution in [3.05, 3.63) is 0 Å². The van der Waals surface area contributed by atoms with Crippen molar-refractivity contribution in [1.29, 1.82) is 0 Å². The van der Waals surface area contributed by atoms with Crippen LogP contribution in [0.5, 0.6) is 0 Å². The summed E-state index contributed by atoms with van der Waals surface area (Å²) in [5.41, 5.74) is 0. The summed E-state index contributed by atoms with van der Waals surface area (Å²) in [5, 5.41) is 0. The zero-order chi connectivity index (χ0) is 25.1. The molecule has 0 rings (SSSR count). The summed E-state index contributed by atoms with van der Waals surface area (Å²) in [6, 6.07) is 0. The molecule has 0 heterocycles. The van der Waals surface area contributed by atoms with Crippen LogP contribution in [0.4, 0.5) is 0 Å². The Bertz CT molecular complexity index is 567. The standard InChI is InChI=1S/C20H50O6Si5/c1-27(2,3)22-16-17(23-28(4,5)6)18(24-29(7,8)9)19(25-30(10,11)12)20(21)26-31(13,14)15/h17-19H,16H2,1-15H3/t17-,18+,19+/m0/s1. The van der Waals surface area contributed by atoms with Gasteiger partial charge in [0.2, 0.25) is 8.32 Å². The van der Waals surface area contributed by atoms with Crippen LogP contribution >= 0.6 is 0 Å². The maximum atomic E-state index is 13.4. The summed E-state index contributed by atoms with van der Waals surface area (Å²) in [4.78, 5) is 13.4. The summed E-state index contributed by atoms with van der Waals surface area (Å²) in [6.45, 7) is 32.0. The van der Waals surface area contributed by atoms with Crippen LogP contribution in [0.2, 0.25) is 98.2 Å². The molecular formula is C20H50O6Si5. The molecule has 0 radical (unpaired) electrons. The molecule has 0 saturated carbocycles. The van der Waals surface area contributed by atoms with Gasteiger partial charge in [0.05, 0.1) is 12.7 Å². The fourth-order valence-electron chi connectivity index (χ4n) is 2.71. The van der Waals surface area contributed by atoms with E-state index in [2.05, 4.69) is 78.6 Å². The molecule has 0 bridgehead atoms. The summed E-state index contributed by atoms with van der Waals surface area (Å²) < 4.78 is 31.9. The molecule has 0 aliphatic carbocycles. The largest absolute Gasteiger partial charge is 0.518 e. The number of hydrogen-bond donors (Lipinski definition) is 0. The Morgan fingerprint density at radius 2 is 1.00 bits per heavy atom. The summed E-state index contributed by atoms with van der Waals surface area (Å²) in [5.74, 6) is -0.331. The minimum atomic E-state index is -2.11. The van der Waals surface area contributed by atoms with E-state index in [9.17, 15) is 4.79 Å². The molecule has 0 fully saturated rings. The van der Waals surface area contributed by atoms with Gasteiger partial charge < -0.3 is 22.1 Å². The van der Waals surface area contributed by atoms with Gasteiger partial charge in [-0.3, -0.25) is 4.79 Å². The molecule has 0 aromatic carbocycles. The molecule has 0 aromatic heterocycles. The first-order valence-electron chi connectivity index (χ1n) is 11.3. The molecule has 6 nitrogen and oxygen atoms in total. The maximum Gasteiger partial charge on any atom is 0.323 e. The predicted octanol–water partition coefficient (Wildman–Crippen LogP) is 5.88. The third-order valence-corrected chi connectivity index (χ3v) is 8.26. The van der Waals surface area contributed by atoms with E-state index in [1.54, 1.807) is 0 Å². The highest BCUT2D eigenvalue weighted by Crippen LogP contribution is 2.26. The Labute approximate surface area is 197 Å². The van der Waals surface area contributed by atoms with Gasteiger partial charge in [-0.1, -0.05) is 0 Å². The number of carbonyl (C=O) groups excluding carboxylic acids is 1. The van der Waals surface area contributed by atoms with Crippen molar-refractivity contribution in [3.8, 4) is 0 Å². The molecular weight excluding hydrogens is 477 g/mol. The second-order valence-electron chi connectivity index (χ2n) is 13.1. The van der Waals surface area contributed by atoms with E-state index >= 15 is 0 Å². The van der Waals surface area contributed by atoms with Crippen molar-refractivity contribution in [2.45, 2.75) is 117 Å². The lowest BCUT2D eigenvalue weighted by molar-refractivity contribution is -0.153. The fourth-order valence-corrected chi connectivity index (χ4v) is 7.29. The van der Waals surface area contributed by atoms with Gasteiger partial charge in [-0.2, -0.15) is 0 Å². The van der Waals surface area contributed by atoms with E-state index in [0.717, 1.165) is 0 Å². The third kappa shape index (κ3) is 16.6. The normalized spacial score (nSPS) is 17.3. The lowest BCUT2D eigenvalue weighted by Gasteiger charge is -2.41. The Hall–Kier alpha value is 0.394. The Kier molecular flexibility index (Phi) is 11.4. The van der Waals surface area contributed by atoms with Gasteiger partial charge in [-0.05, 0) is 98.2 Å². The molecule has 11 heteroatoms. The zero-order valence-electron chi connectivity index (χ0n) is 22.9. The van der Waals surface area contributed by atoms with Crippen molar-refractivity contribution < 1.29 is 26.9 Å². The van der Waals surface area contributed by atoms with Crippen LogP contribution in [0.1, 0.15) is 0 Å². The van der Waals surface area contributed by atoms with Crippen molar-refractivity contribution in [3.63, 3.8) is 0 Å². The number of rotatable bonds is 13. The summed E-state index contributed by atoms with van der Waals surface area (Å²) in [6.07, 6.45) is -1.78. The van der Waals surface area contributed by atoms with Crippen LogP contribution in [-0.2, 0) is 26.9 Å². The lowest BCUT2D eigenvalue weighted by atomic mass is 10.1. The van der Waals surface area contributed by atoms with Crippen LogP contribution in [0, 0.1) is 0 Å².